The zero-order chi connectivity index (χ0) is 20.8. The highest BCUT2D eigenvalue weighted by atomic mass is 127. The Labute approximate surface area is 200 Å². The van der Waals surface area contributed by atoms with Crippen molar-refractivity contribution < 1.29 is 14.3 Å². The number of carbonyl (C=O) groups is 1. The summed E-state index contributed by atoms with van der Waals surface area (Å²) in [6, 6.07) is 14.2. The number of rotatable bonds is 6. The van der Waals surface area contributed by atoms with Crippen LogP contribution in [0.3, 0.4) is 0 Å². The van der Waals surface area contributed by atoms with E-state index in [4.69, 9.17) is 9.47 Å². The Morgan fingerprint density at radius 1 is 1.10 bits per heavy atom. The summed E-state index contributed by atoms with van der Waals surface area (Å²) in [6.45, 7) is 4.03. The molecular weight excluding hydrogens is 507 g/mol. The summed E-state index contributed by atoms with van der Waals surface area (Å²) in [4.78, 5) is 16.8. The molecule has 1 saturated carbocycles. The molecule has 0 atom stereocenters. The summed E-state index contributed by atoms with van der Waals surface area (Å²) in [6.07, 6.45) is 2.99. The first kappa shape index (κ1) is 23.2. The lowest BCUT2D eigenvalue weighted by molar-refractivity contribution is -0.120. The Morgan fingerprint density at radius 2 is 1.87 bits per heavy atom. The van der Waals surface area contributed by atoms with Gasteiger partial charge in [-0.2, -0.15) is 0 Å². The first-order valence-corrected chi connectivity index (χ1v) is 10.5. The molecule has 2 aromatic carbocycles. The van der Waals surface area contributed by atoms with Gasteiger partial charge in [-0.1, -0.05) is 24.3 Å². The SMILES string of the molecule is Cc1ccccc1CN=C(NCC(=O)NC1CC1)Nc1ccc2c(c1)OCCCO2.I. The molecule has 8 heteroatoms. The van der Waals surface area contributed by atoms with Crippen LogP contribution < -0.4 is 25.4 Å². The van der Waals surface area contributed by atoms with Gasteiger partial charge in [0.05, 0.1) is 26.3 Å². The summed E-state index contributed by atoms with van der Waals surface area (Å²) in [7, 11) is 0. The lowest BCUT2D eigenvalue weighted by Crippen LogP contribution is -2.40. The minimum atomic E-state index is -0.0263. The maximum atomic E-state index is 12.1. The van der Waals surface area contributed by atoms with Crippen molar-refractivity contribution in [2.75, 3.05) is 25.1 Å². The van der Waals surface area contributed by atoms with E-state index in [0.29, 0.717) is 37.5 Å². The van der Waals surface area contributed by atoms with E-state index >= 15 is 0 Å². The zero-order valence-corrected chi connectivity index (χ0v) is 20.0. The van der Waals surface area contributed by atoms with Crippen molar-refractivity contribution in [2.24, 2.45) is 4.99 Å². The van der Waals surface area contributed by atoms with Crippen LogP contribution in [0.1, 0.15) is 30.4 Å². The number of hydrogen-bond acceptors (Lipinski definition) is 4. The van der Waals surface area contributed by atoms with Crippen molar-refractivity contribution in [3.05, 3.63) is 53.6 Å². The van der Waals surface area contributed by atoms with Crippen LogP contribution in [0.15, 0.2) is 47.5 Å². The van der Waals surface area contributed by atoms with Gasteiger partial charge in [0.1, 0.15) is 0 Å². The number of fused-ring (bicyclic) bond motifs is 1. The van der Waals surface area contributed by atoms with Gasteiger partial charge in [0.25, 0.3) is 0 Å². The minimum Gasteiger partial charge on any atom is -0.490 e. The van der Waals surface area contributed by atoms with Crippen LogP contribution in [0, 0.1) is 6.92 Å². The quantitative estimate of drug-likeness (QED) is 0.299. The van der Waals surface area contributed by atoms with Crippen LogP contribution >= 0.6 is 24.0 Å². The van der Waals surface area contributed by atoms with E-state index in [1.54, 1.807) is 0 Å². The fourth-order valence-electron chi connectivity index (χ4n) is 3.14. The minimum absolute atomic E-state index is 0. The molecule has 0 aromatic heterocycles. The predicted molar refractivity (Wildman–Crippen MR) is 133 cm³/mol. The van der Waals surface area contributed by atoms with Crippen LogP contribution in [0.2, 0.25) is 0 Å². The second-order valence-electron chi connectivity index (χ2n) is 7.62. The molecule has 0 saturated heterocycles. The van der Waals surface area contributed by atoms with Gasteiger partial charge >= 0.3 is 0 Å². The van der Waals surface area contributed by atoms with Crippen LogP contribution in [0.4, 0.5) is 5.69 Å². The lowest BCUT2D eigenvalue weighted by atomic mass is 10.1. The number of benzene rings is 2. The summed E-state index contributed by atoms with van der Waals surface area (Å²) in [5.74, 6) is 1.97. The van der Waals surface area contributed by atoms with Gasteiger partial charge in [0.15, 0.2) is 17.5 Å². The normalized spacial score (nSPS) is 15.3. The van der Waals surface area contributed by atoms with Crippen LogP contribution in [0.25, 0.3) is 0 Å². The third-order valence-electron chi connectivity index (χ3n) is 5.04. The summed E-state index contributed by atoms with van der Waals surface area (Å²) >= 11 is 0. The van der Waals surface area contributed by atoms with E-state index in [-0.39, 0.29) is 36.4 Å². The lowest BCUT2D eigenvalue weighted by Gasteiger charge is -2.15. The number of nitrogens with zero attached hydrogens (tertiary/aromatic N) is 1. The van der Waals surface area contributed by atoms with Gasteiger partial charge in [0.2, 0.25) is 5.91 Å². The Balaban J connectivity index is 0.00000272. The van der Waals surface area contributed by atoms with Gasteiger partial charge in [-0.15, -0.1) is 24.0 Å². The molecule has 1 amide bonds. The zero-order valence-electron chi connectivity index (χ0n) is 17.6. The van der Waals surface area contributed by atoms with Gasteiger partial charge in [-0.05, 0) is 43.0 Å². The molecule has 2 aromatic rings. The van der Waals surface area contributed by atoms with E-state index in [1.807, 2.05) is 30.3 Å². The molecule has 1 fully saturated rings. The average Bonchev–Trinajstić information content (AvgIpc) is 3.57. The van der Waals surface area contributed by atoms with E-state index in [0.717, 1.165) is 36.3 Å². The van der Waals surface area contributed by atoms with Crippen molar-refractivity contribution in [2.45, 2.75) is 38.8 Å². The molecule has 1 aliphatic heterocycles. The Bertz CT molecular complexity index is 931. The number of hydrogen-bond donors (Lipinski definition) is 3. The van der Waals surface area contributed by atoms with Crippen molar-refractivity contribution in [1.82, 2.24) is 10.6 Å². The number of aryl methyl sites for hydroxylation is 1. The fourth-order valence-corrected chi connectivity index (χ4v) is 3.14. The van der Waals surface area contributed by atoms with Crippen molar-refractivity contribution in [1.29, 1.82) is 0 Å². The summed E-state index contributed by atoms with van der Waals surface area (Å²) < 4.78 is 11.5. The van der Waals surface area contributed by atoms with E-state index < -0.39 is 0 Å². The largest absolute Gasteiger partial charge is 0.490 e. The highest BCUT2D eigenvalue weighted by molar-refractivity contribution is 14.0. The fraction of sp³-hybridized carbons (Fsp3) is 0.391. The molecule has 0 spiro atoms. The second kappa shape index (κ2) is 11.2. The molecule has 31 heavy (non-hydrogen) atoms. The molecule has 166 valence electrons. The van der Waals surface area contributed by atoms with Crippen LogP contribution in [-0.2, 0) is 11.3 Å². The molecule has 7 nitrogen and oxygen atoms in total. The first-order chi connectivity index (χ1) is 14.7. The monoisotopic (exact) mass is 536 g/mol. The van der Waals surface area contributed by atoms with E-state index in [1.165, 1.54) is 5.56 Å². The number of amides is 1. The number of carbonyl (C=O) groups excluding carboxylic acids is 1. The first-order valence-electron chi connectivity index (χ1n) is 10.5. The van der Waals surface area contributed by atoms with Crippen molar-refractivity contribution in [3.63, 3.8) is 0 Å². The maximum Gasteiger partial charge on any atom is 0.239 e. The topological polar surface area (TPSA) is 84.0 Å². The van der Waals surface area contributed by atoms with E-state index in [9.17, 15) is 4.79 Å². The Morgan fingerprint density at radius 3 is 2.65 bits per heavy atom. The molecular formula is C23H29IN4O3. The second-order valence-corrected chi connectivity index (χ2v) is 7.62. The van der Waals surface area contributed by atoms with Crippen molar-refractivity contribution in [3.8, 4) is 11.5 Å². The highest BCUT2D eigenvalue weighted by Crippen LogP contribution is 2.32. The molecule has 3 N–H and O–H groups in total. The maximum absolute atomic E-state index is 12.1. The predicted octanol–water partition coefficient (Wildman–Crippen LogP) is 3.61. The molecule has 1 heterocycles. The van der Waals surface area contributed by atoms with Crippen LogP contribution in [0.5, 0.6) is 11.5 Å². The Kier molecular flexibility index (Phi) is 8.39. The van der Waals surface area contributed by atoms with Crippen LogP contribution in [-0.4, -0.2) is 37.7 Å². The number of anilines is 1. The molecule has 0 unspecified atom stereocenters. The number of nitrogens with one attached hydrogen (secondary N) is 3. The molecule has 4 rings (SSSR count). The van der Waals surface area contributed by atoms with Crippen molar-refractivity contribution >= 4 is 41.5 Å². The van der Waals surface area contributed by atoms with Gasteiger partial charge in [-0.25, -0.2) is 4.99 Å². The van der Waals surface area contributed by atoms with Gasteiger partial charge in [0, 0.05) is 24.2 Å². The smallest absolute Gasteiger partial charge is 0.239 e. The number of aliphatic imine (C=N–C) groups is 1. The number of ether oxygens (including phenoxy) is 2. The molecule has 0 bridgehead atoms. The number of guanidine groups is 1. The standard InChI is InChI=1S/C23H28N4O3.HI/c1-16-5-2-3-6-17(16)14-24-23(25-15-22(28)26-18-7-8-18)27-19-9-10-20-21(13-19)30-12-4-11-29-20;/h2-3,5-6,9-10,13,18H,4,7-8,11-12,14-15H2,1H3,(H,26,28)(H2,24,25,27);1H. The molecule has 0 radical (unpaired) electrons. The summed E-state index contributed by atoms with van der Waals surface area (Å²) in [5.41, 5.74) is 3.14. The Hall–Kier alpha value is -2.49. The third-order valence-corrected chi connectivity index (χ3v) is 5.04. The van der Waals surface area contributed by atoms with Gasteiger partial charge < -0.3 is 25.4 Å². The molecule has 1 aliphatic carbocycles. The average molecular weight is 536 g/mol. The van der Waals surface area contributed by atoms with E-state index in [2.05, 4.69) is 40.0 Å². The number of halogens is 1. The highest BCUT2D eigenvalue weighted by Gasteiger charge is 2.23. The van der Waals surface area contributed by atoms with Gasteiger partial charge in [-0.3, -0.25) is 4.79 Å². The third kappa shape index (κ3) is 7.02. The summed E-state index contributed by atoms with van der Waals surface area (Å²) in [5, 5.41) is 9.41. The molecule has 2 aliphatic rings.